The third kappa shape index (κ3) is 11.2. The normalized spacial score (nSPS) is 9.61. The Bertz CT molecular complexity index is 1220. The van der Waals surface area contributed by atoms with Crippen molar-refractivity contribution >= 4 is 120 Å². The molecule has 14 heteroatoms. The van der Waals surface area contributed by atoms with E-state index in [1.807, 2.05) is 48.5 Å². The Balaban J connectivity index is 0.000000288. The van der Waals surface area contributed by atoms with Gasteiger partial charge < -0.3 is 29.9 Å². The predicted octanol–water partition coefficient (Wildman–Crippen LogP) is 4.33. The lowest BCUT2D eigenvalue weighted by atomic mass is 9.78. The van der Waals surface area contributed by atoms with Crippen molar-refractivity contribution in [3.8, 4) is 11.5 Å². The molecule has 0 radical (unpaired) electrons. The molecule has 0 bridgehead atoms. The average molecular weight is 725 g/mol. The molecule has 5 N–H and O–H groups in total. The molecule has 4 aromatic carbocycles. The summed E-state index contributed by atoms with van der Waals surface area (Å²) >= 11 is 18.8. The van der Waals surface area contributed by atoms with Gasteiger partial charge in [-0.3, -0.25) is 0 Å². The molecule has 4 aromatic rings. The molecule has 190 valence electrons. The molecule has 0 spiro atoms. The summed E-state index contributed by atoms with van der Waals surface area (Å²) in [6.07, 6.45) is 0. The standard InChI is InChI=1S/C11H11BO3.C10H9BO3.CH2Cl2.BBr3/c1-15-11-7-9-5-3-2-4-8(9)6-10(11)12(13)14;12-10-6-8-4-2-1-3-7(8)5-9(10)11(13)14;2-1-3;2-1(3)4/h2-7,13-14H,1H3;1-6,12-14H;1H2;. The van der Waals surface area contributed by atoms with Crippen molar-refractivity contribution < 1.29 is 29.9 Å². The minimum Gasteiger partial charge on any atom is -0.508 e. The Hall–Kier alpha value is -0.945. The number of hydrogen-bond donors (Lipinski definition) is 5. The Labute approximate surface area is 245 Å². The van der Waals surface area contributed by atoms with Crippen molar-refractivity contribution in [3.63, 3.8) is 0 Å². The molecule has 4 rings (SSSR count). The van der Waals surface area contributed by atoms with Gasteiger partial charge in [0.2, 0.25) is 0 Å². The van der Waals surface area contributed by atoms with Crippen molar-refractivity contribution in [1.29, 1.82) is 0 Å². The van der Waals surface area contributed by atoms with Crippen LogP contribution in [0.3, 0.4) is 0 Å². The highest BCUT2D eigenvalue weighted by Gasteiger charge is 2.17. The molecule has 36 heavy (non-hydrogen) atoms. The van der Waals surface area contributed by atoms with Crippen LogP contribution in [0.1, 0.15) is 0 Å². The highest BCUT2D eigenvalue weighted by Crippen LogP contribution is 2.19. The summed E-state index contributed by atoms with van der Waals surface area (Å²) in [4.78, 5) is 0. The minimum absolute atomic E-state index is 0.0984. The van der Waals surface area contributed by atoms with Gasteiger partial charge in [-0.1, -0.05) is 60.7 Å². The van der Waals surface area contributed by atoms with Gasteiger partial charge >= 0.3 is 17.4 Å². The van der Waals surface area contributed by atoms with Gasteiger partial charge in [-0.25, -0.2) is 0 Å². The fourth-order valence-electron chi connectivity index (χ4n) is 3.07. The molecule has 0 saturated heterocycles. The SMILES string of the molecule is BrB(Br)Br.COc1cc2ccccc2cc1B(O)O.ClCCl.OB(O)c1cc2ccccc2cc1O. The highest BCUT2D eigenvalue weighted by atomic mass is 79.9. The number of fused-ring (bicyclic) bond motifs is 2. The van der Waals surface area contributed by atoms with Crippen LogP contribution in [0.4, 0.5) is 0 Å². The number of benzene rings is 4. The zero-order valence-corrected chi connectivity index (χ0v) is 25.2. The lowest BCUT2D eigenvalue weighted by Gasteiger charge is -2.09. The monoisotopic (exact) mass is 722 g/mol. The summed E-state index contributed by atoms with van der Waals surface area (Å²) in [7, 11) is -1.64. The lowest BCUT2D eigenvalue weighted by molar-refractivity contribution is 0.403. The number of phenolic OH excluding ortho intramolecular Hbond substituents is 1. The Morgan fingerprint density at radius 1 is 0.694 bits per heavy atom. The first-order chi connectivity index (χ1) is 17.0. The van der Waals surface area contributed by atoms with Crippen molar-refractivity contribution in [2.45, 2.75) is 0 Å². The molecule has 0 saturated carbocycles. The van der Waals surface area contributed by atoms with Crippen LogP contribution in [-0.2, 0) is 0 Å². The summed E-state index contributed by atoms with van der Waals surface area (Å²) in [5, 5.41) is 49.6. The van der Waals surface area contributed by atoms with Crippen LogP contribution in [0.2, 0.25) is 0 Å². The van der Waals surface area contributed by atoms with E-state index in [2.05, 4.69) is 47.3 Å². The van der Waals surface area contributed by atoms with Crippen LogP contribution in [0.25, 0.3) is 21.5 Å². The third-order valence-electron chi connectivity index (χ3n) is 4.55. The number of rotatable bonds is 3. The van der Waals surface area contributed by atoms with Crippen molar-refractivity contribution in [1.82, 2.24) is 0 Å². The van der Waals surface area contributed by atoms with Crippen molar-refractivity contribution in [2.75, 3.05) is 12.4 Å². The van der Waals surface area contributed by atoms with Gasteiger partial charge in [-0.2, -0.15) is 0 Å². The fraction of sp³-hybridized carbons (Fsp3) is 0.0909. The number of hydrogen-bond acceptors (Lipinski definition) is 6. The topological polar surface area (TPSA) is 110 Å². The molecule has 0 aliphatic heterocycles. The quantitative estimate of drug-likeness (QED) is 0.159. The predicted molar refractivity (Wildman–Crippen MR) is 165 cm³/mol. The minimum atomic E-state index is -1.64. The Morgan fingerprint density at radius 3 is 1.39 bits per heavy atom. The summed E-state index contributed by atoms with van der Waals surface area (Å²) in [6, 6.07) is 21.7. The number of phenols is 1. The van der Waals surface area contributed by atoms with E-state index in [9.17, 15) is 15.2 Å². The fourth-order valence-corrected chi connectivity index (χ4v) is 3.07. The van der Waals surface area contributed by atoms with Gasteiger partial charge in [-0.05, 0) is 33.7 Å². The molecule has 0 atom stereocenters. The van der Waals surface area contributed by atoms with Gasteiger partial charge in [-0.15, -0.1) is 70.5 Å². The Morgan fingerprint density at radius 2 is 1.03 bits per heavy atom. The van der Waals surface area contributed by atoms with Crippen LogP contribution < -0.4 is 15.7 Å². The maximum absolute atomic E-state index is 9.46. The van der Waals surface area contributed by atoms with Crippen molar-refractivity contribution in [2.24, 2.45) is 0 Å². The average Bonchev–Trinajstić information content (AvgIpc) is 2.83. The van der Waals surface area contributed by atoms with Crippen LogP contribution in [0.15, 0.2) is 72.8 Å². The first kappa shape index (κ1) is 33.1. The smallest absolute Gasteiger partial charge is 0.492 e. The first-order valence-corrected chi connectivity index (χ1v) is 13.9. The van der Waals surface area contributed by atoms with E-state index in [4.69, 9.17) is 38.0 Å². The van der Waals surface area contributed by atoms with Crippen molar-refractivity contribution in [3.05, 3.63) is 72.8 Å². The van der Waals surface area contributed by atoms with E-state index < -0.39 is 14.2 Å². The molecular formula is C22H22B3Br3Cl2O6. The molecule has 0 aliphatic carbocycles. The van der Waals surface area contributed by atoms with Gasteiger partial charge in [0.25, 0.3) is 0 Å². The van der Waals surface area contributed by atoms with E-state index in [0.717, 1.165) is 21.5 Å². The molecule has 0 aliphatic rings. The van der Waals surface area contributed by atoms with Crippen LogP contribution in [0, 0.1) is 0 Å². The second-order valence-electron chi connectivity index (χ2n) is 6.80. The van der Waals surface area contributed by atoms with Crippen LogP contribution in [-0.4, -0.2) is 55.1 Å². The van der Waals surface area contributed by atoms with E-state index in [1.54, 1.807) is 18.2 Å². The maximum Gasteiger partial charge on any atom is 0.492 e. The van der Waals surface area contributed by atoms with Crippen LogP contribution in [0.5, 0.6) is 11.5 Å². The zero-order chi connectivity index (χ0) is 27.3. The number of alkyl halides is 2. The van der Waals surface area contributed by atoms with Gasteiger partial charge in [0.15, 0.2) is 0 Å². The zero-order valence-electron chi connectivity index (χ0n) is 18.9. The van der Waals surface area contributed by atoms with E-state index in [-0.39, 0.29) is 19.7 Å². The number of aromatic hydroxyl groups is 1. The highest BCUT2D eigenvalue weighted by molar-refractivity contribution is 9.69. The third-order valence-corrected chi connectivity index (χ3v) is 4.55. The largest absolute Gasteiger partial charge is 0.508 e. The van der Waals surface area contributed by atoms with E-state index in [0.29, 0.717) is 11.2 Å². The molecule has 0 aromatic heterocycles. The second kappa shape index (κ2) is 17.5. The molecule has 6 nitrogen and oxygen atoms in total. The molecule has 0 unspecified atom stereocenters. The second-order valence-corrected chi connectivity index (χ2v) is 14.0. The van der Waals surface area contributed by atoms with Gasteiger partial charge in [0, 0.05) is 10.9 Å². The van der Waals surface area contributed by atoms with E-state index >= 15 is 0 Å². The maximum atomic E-state index is 9.46. The lowest BCUT2D eigenvalue weighted by Crippen LogP contribution is -2.31. The van der Waals surface area contributed by atoms with E-state index in [1.165, 1.54) is 13.2 Å². The molecule has 0 amide bonds. The molecular weight excluding hydrogens is 703 g/mol. The number of methoxy groups -OCH3 is 1. The summed E-state index contributed by atoms with van der Waals surface area (Å²) in [5.41, 5.74) is 0.514. The number of halogens is 5. The summed E-state index contributed by atoms with van der Waals surface area (Å²) < 4.78 is 5.37. The number of ether oxygens (including phenoxy) is 1. The Kier molecular flexibility index (Phi) is 16.1. The molecule has 0 fully saturated rings. The van der Waals surface area contributed by atoms with Crippen LogP contribution >= 0.6 is 70.5 Å². The van der Waals surface area contributed by atoms with Gasteiger partial charge in [0.05, 0.1) is 12.4 Å². The summed E-state index contributed by atoms with van der Waals surface area (Å²) in [5.74, 6) is 0.391. The van der Waals surface area contributed by atoms with Gasteiger partial charge in [0.1, 0.15) is 11.5 Å². The molecule has 0 heterocycles. The summed E-state index contributed by atoms with van der Waals surface area (Å²) in [6.45, 7) is 0. The first-order valence-electron chi connectivity index (χ1n) is 10.1.